The molecule has 0 amide bonds. The average Bonchev–Trinajstić information content (AvgIpc) is 2.81. The zero-order chi connectivity index (χ0) is 22.7. The molecule has 1 unspecified atom stereocenters. The van der Waals surface area contributed by atoms with Gasteiger partial charge >= 0.3 is 0 Å². The minimum absolute atomic E-state index is 0.0548. The Hall–Kier alpha value is -3.01. The second-order valence-electron chi connectivity index (χ2n) is 7.97. The average molecular weight is 446 g/mol. The minimum Gasteiger partial charge on any atom is -0.341 e. The number of hydrogen-bond donors (Lipinski definition) is 1. The molecule has 5 nitrogen and oxygen atoms in total. The molecule has 0 saturated carbocycles. The molecule has 2 aromatic heterocycles. The van der Waals surface area contributed by atoms with Gasteiger partial charge in [0.25, 0.3) is 5.56 Å². The van der Waals surface area contributed by atoms with E-state index in [1.165, 1.54) is 0 Å². The zero-order valence-corrected chi connectivity index (χ0v) is 19.3. The second kappa shape index (κ2) is 9.23. The van der Waals surface area contributed by atoms with Crippen molar-refractivity contribution in [1.29, 1.82) is 0 Å². The van der Waals surface area contributed by atoms with E-state index in [4.69, 9.17) is 4.98 Å². The lowest BCUT2D eigenvalue weighted by atomic mass is 10.1. The molecule has 0 bridgehead atoms. The van der Waals surface area contributed by atoms with E-state index >= 15 is 0 Å². The highest BCUT2D eigenvalue weighted by Gasteiger charge is 2.21. The van der Waals surface area contributed by atoms with Crippen LogP contribution in [0.2, 0.25) is 0 Å². The van der Waals surface area contributed by atoms with Crippen molar-refractivity contribution in [3.8, 4) is 0 Å². The van der Waals surface area contributed by atoms with Crippen LogP contribution in [-0.2, 0) is 30.1 Å². The molecule has 0 aliphatic carbocycles. The predicted molar refractivity (Wildman–Crippen MR) is 130 cm³/mol. The third-order valence-corrected chi connectivity index (χ3v) is 7.63. The number of nitrogens with zero attached hydrogens (tertiary/aromatic N) is 2. The molecule has 0 radical (unpaired) electrons. The zero-order valence-electron chi connectivity index (χ0n) is 18.4. The van der Waals surface area contributed by atoms with Gasteiger partial charge < -0.3 is 9.46 Å². The largest absolute Gasteiger partial charge is 0.341 e. The van der Waals surface area contributed by atoms with Gasteiger partial charge in [-0.3, -0.25) is 14.3 Å². The summed E-state index contributed by atoms with van der Waals surface area (Å²) >= 11 is 0. The Bertz CT molecular complexity index is 1350. The molecule has 4 aromatic rings. The van der Waals surface area contributed by atoms with Gasteiger partial charge in [-0.15, -0.1) is 0 Å². The highest BCUT2D eigenvalue weighted by molar-refractivity contribution is 7.65. The number of hydrogen-bond acceptors (Lipinski definition) is 3. The molecule has 4 rings (SSSR count). The lowest BCUT2D eigenvalue weighted by Gasteiger charge is -2.15. The molecule has 1 atom stereocenters. The van der Waals surface area contributed by atoms with Gasteiger partial charge in [0, 0.05) is 28.1 Å². The fraction of sp³-hybridized carbons (Fsp3) is 0.231. The summed E-state index contributed by atoms with van der Waals surface area (Å²) in [7, 11) is -3.47. The predicted octanol–water partition coefficient (Wildman–Crippen LogP) is 4.67. The first kappa shape index (κ1) is 22.2. The summed E-state index contributed by atoms with van der Waals surface area (Å²) in [5, 5.41) is 1.46. The molecule has 2 heterocycles. The molecule has 1 N–H and O–H groups in total. The fourth-order valence-corrected chi connectivity index (χ4v) is 5.49. The van der Waals surface area contributed by atoms with E-state index in [-0.39, 0.29) is 11.7 Å². The van der Waals surface area contributed by atoms with Crippen LogP contribution in [0.25, 0.3) is 10.9 Å². The summed E-state index contributed by atoms with van der Waals surface area (Å²) < 4.78 is 14.6. The third kappa shape index (κ3) is 4.59. The van der Waals surface area contributed by atoms with Crippen molar-refractivity contribution in [3.63, 3.8) is 0 Å². The van der Waals surface area contributed by atoms with Gasteiger partial charge in [0.1, 0.15) is 0 Å². The first-order chi connectivity index (χ1) is 15.4. The number of benzene rings is 2. The maximum absolute atomic E-state index is 12.8. The number of aromatic nitrogens is 2. The Morgan fingerprint density at radius 2 is 1.59 bits per heavy atom. The Morgan fingerprint density at radius 1 is 0.906 bits per heavy atom. The molecule has 164 valence electrons. The van der Waals surface area contributed by atoms with Crippen LogP contribution in [0.15, 0.2) is 77.6 Å². The number of pyridine rings is 2. The molecule has 2 aromatic carbocycles. The van der Waals surface area contributed by atoms with Gasteiger partial charge in [-0.2, -0.15) is 0 Å². The van der Waals surface area contributed by atoms with Crippen molar-refractivity contribution in [2.45, 2.75) is 39.4 Å². The summed E-state index contributed by atoms with van der Waals surface area (Å²) in [5.41, 5.74) is 4.57. The first-order valence-electron chi connectivity index (χ1n) is 10.9. The summed E-state index contributed by atoms with van der Waals surface area (Å²) in [6.07, 6.45) is 1.69. The number of fused-ring (bicyclic) bond motifs is 1. The highest BCUT2D eigenvalue weighted by Crippen LogP contribution is 2.43. The van der Waals surface area contributed by atoms with E-state index in [0.29, 0.717) is 11.8 Å². The Morgan fingerprint density at radius 3 is 2.25 bits per heavy atom. The van der Waals surface area contributed by atoms with Crippen LogP contribution in [-0.4, -0.2) is 14.4 Å². The van der Waals surface area contributed by atoms with Crippen LogP contribution < -0.4 is 10.9 Å². The van der Waals surface area contributed by atoms with E-state index in [9.17, 15) is 14.3 Å². The summed E-state index contributed by atoms with van der Waals surface area (Å²) in [5.74, 6) is 0. The molecular formula is C26H27N2O3P. The SMILES string of the molecule is CCc1cc2c(ccc(=O)n2Cc2ccc(CP(=O)(O)c3ccccc3)cc2)c(CC)n1. The summed E-state index contributed by atoms with van der Waals surface area (Å²) in [6, 6.07) is 21.8. The smallest absolute Gasteiger partial charge is 0.251 e. The highest BCUT2D eigenvalue weighted by atomic mass is 31.2. The van der Waals surface area contributed by atoms with Crippen LogP contribution in [0, 0.1) is 0 Å². The van der Waals surface area contributed by atoms with Crippen LogP contribution in [0.5, 0.6) is 0 Å². The second-order valence-corrected chi connectivity index (χ2v) is 10.2. The summed E-state index contributed by atoms with van der Waals surface area (Å²) in [6.45, 7) is 4.57. The normalized spacial score (nSPS) is 13.2. The molecule has 0 spiro atoms. The number of rotatable bonds is 7. The van der Waals surface area contributed by atoms with Crippen molar-refractivity contribution >= 4 is 23.6 Å². The van der Waals surface area contributed by atoms with E-state index in [1.54, 1.807) is 34.9 Å². The van der Waals surface area contributed by atoms with E-state index in [0.717, 1.165) is 46.3 Å². The Kier molecular flexibility index (Phi) is 6.40. The van der Waals surface area contributed by atoms with Crippen LogP contribution >= 0.6 is 7.37 Å². The lowest BCUT2D eigenvalue weighted by molar-refractivity contribution is 0.488. The maximum Gasteiger partial charge on any atom is 0.251 e. The van der Waals surface area contributed by atoms with Crippen molar-refractivity contribution in [1.82, 2.24) is 9.55 Å². The molecule has 0 aliphatic heterocycles. The topological polar surface area (TPSA) is 72.2 Å². The van der Waals surface area contributed by atoms with Crippen LogP contribution in [0.1, 0.15) is 36.4 Å². The van der Waals surface area contributed by atoms with Gasteiger partial charge in [-0.05, 0) is 48.2 Å². The van der Waals surface area contributed by atoms with E-state index in [2.05, 4.69) is 13.8 Å². The molecule has 32 heavy (non-hydrogen) atoms. The molecule has 0 fully saturated rings. The Labute approximate surface area is 187 Å². The minimum atomic E-state index is -3.47. The third-order valence-electron chi connectivity index (χ3n) is 5.74. The van der Waals surface area contributed by atoms with Crippen molar-refractivity contribution in [3.05, 3.63) is 106 Å². The first-order valence-corrected chi connectivity index (χ1v) is 12.7. The van der Waals surface area contributed by atoms with E-state index in [1.807, 2.05) is 42.5 Å². The van der Waals surface area contributed by atoms with Gasteiger partial charge in [0.2, 0.25) is 7.37 Å². The quantitative estimate of drug-likeness (QED) is 0.419. The van der Waals surface area contributed by atoms with Crippen molar-refractivity contribution < 1.29 is 9.46 Å². The lowest BCUT2D eigenvalue weighted by Crippen LogP contribution is -2.20. The molecule has 6 heteroatoms. The van der Waals surface area contributed by atoms with Crippen molar-refractivity contribution in [2.75, 3.05) is 0 Å². The van der Waals surface area contributed by atoms with E-state index < -0.39 is 7.37 Å². The van der Waals surface area contributed by atoms with Crippen LogP contribution in [0.4, 0.5) is 0 Å². The molecular weight excluding hydrogens is 419 g/mol. The van der Waals surface area contributed by atoms with Gasteiger partial charge in [-0.25, -0.2) is 0 Å². The van der Waals surface area contributed by atoms with Gasteiger partial charge in [0.05, 0.1) is 18.2 Å². The standard InChI is InChI=1S/C26H27N2O3P/c1-3-21-16-25-23(24(4-2)27-21)14-15-26(29)28(25)17-19-10-12-20(13-11-19)18-32(30,31)22-8-6-5-7-9-22/h5-16H,3-4,17-18H2,1-2H3,(H,30,31). The maximum atomic E-state index is 12.8. The fourth-order valence-electron chi connectivity index (χ4n) is 3.96. The van der Waals surface area contributed by atoms with Crippen LogP contribution in [0.3, 0.4) is 0 Å². The molecule has 0 saturated heterocycles. The van der Waals surface area contributed by atoms with Gasteiger partial charge in [-0.1, -0.05) is 56.3 Å². The monoisotopic (exact) mass is 446 g/mol. The Balaban J connectivity index is 1.63. The number of aryl methyl sites for hydroxylation is 2. The molecule has 0 aliphatic rings. The summed E-state index contributed by atoms with van der Waals surface area (Å²) in [4.78, 5) is 27.9. The van der Waals surface area contributed by atoms with Crippen molar-refractivity contribution in [2.24, 2.45) is 0 Å². The van der Waals surface area contributed by atoms with Gasteiger partial charge in [0.15, 0.2) is 0 Å².